The molecule has 0 aliphatic heterocycles. The smallest absolute Gasteiger partial charge is 0.267 e. The number of carbonyl (C=O) groups excluding carboxylic acids is 1. The van der Waals surface area contributed by atoms with E-state index in [9.17, 15) is 4.79 Å². The van der Waals surface area contributed by atoms with Crippen molar-refractivity contribution >= 4 is 43.4 Å². The Labute approximate surface area is 153 Å². The molecule has 0 unspecified atom stereocenters. The van der Waals surface area contributed by atoms with Gasteiger partial charge in [-0.05, 0) is 52.2 Å². The summed E-state index contributed by atoms with van der Waals surface area (Å²) in [5, 5.41) is 2.97. The first-order chi connectivity index (χ1) is 11.6. The molecule has 24 heavy (non-hydrogen) atoms. The van der Waals surface area contributed by atoms with Gasteiger partial charge >= 0.3 is 0 Å². The summed E-state index contributed by atoms with van der Waals surface area (Å²) in [6, 6.07) is 12.0. The lowest BCUT2D eigenvalue weighted by molar-refractivity contribution is 0.0945. The average molecular weight is 407 g/mol. The van der Waals surface area contributed by atoms with Gasteiger partial charge in [-0.15, -0.1) is 11.3 Å². The van der Waals surface area contributed by atoms with Crippen molar-refractivity contribution < 1.29 is 9.53 Å². The molecule has 0 aliphatic carbocycles. The zero-order valence-corrected chi connectivity index (χ0v) is 16.0. The number of hydrogen-bond donors (Lipinski definition) is 1. The number of ether oxygens (including phenoxy) is 1. The maximum atomic E-state index is 12.5. The van der Waals surface area contributed by atoms with Crippen LogP contribution in [0.2, 0.25) is 0 Å². The van der Waals surface area contributed by atoms with Crippen LogP contribution in [0.4, 0.5) is 0 Å². The van der Waals surface area contributed by atoms with E-state index in [1.165, 1.54) is 0 Å². The summed E-state index contributed by atoms with van der Waals surface area (Å²) in [4.78, 5) is 12.5. The summed E-state index contributed by atoms with van der Waals surface area (Å²) in [5.41, 5.74) is 2.86. The van der Waals surface area contributed by atoms with E-state index < -0.39 is 0 Å². The highest BCUT2D eigenvalue weighted by Crippen LogP contribution is 2.33. The zero-order chi connectivity index (χ0) is 17.1. The summed E-state index contributed by atoms with van der Waals surface area (Å²) in [5.74, 6) is 0.790. The third-order valence-electron chi connectivity index (χ3n) is 3.80. The Morgan fingerprint density at radius 2 is 2.17 bits per heavy atom. The minimum atomic E-state index is -0.0285. The van der Waals surface area contributed by atoms with Crippen molar-refractivity contribution in [1.82, 2.24) is 9.88 Å². The highest BCUT2D eigenvalue weighted by molar-refractivity contribution is 9.11. The monoisotopic (exact) mass is 406 g/mol. The van der Waals surface area contributed by atoms with Gasteiger partial charge in [0.2, 0.25) is 0 Å². The lowest BCUT2D eigenvalue weighted by Gasteiger charge is -2.11. The fraction of sp³-hybridized carbons (Fsp3) is 0.278. The van der Waals surface area contributed by atoms with Crippen molar-refractivity contribution in [2.24, 2.45) is 0 Å². The lowest BCUT2D eigenvalue weighted by atomic mass is 10.2. The van der Waals surface area contributed by atoms with Gasteiger partial charge in [0.1, 0.15) is 11.4 Å². The number of amides is 1. The van der Waals surface area contributed by atoms with Gasteiger partial charge in [-0.2, -0.15) is 0 Å². The van der Waals surface area contributed by atoms with Gasteiger partial charge in [0, 0.05) is 13.1 Å². The van der Waals surface area contributed by atoms with Crippen LogP contribution in [0, 0.1) is 0 Å². The first-order valence-corrected chi connectivity index (χ1v) is 9.43. The second-order valence-corrected chi connectivity index (χ2v) is 7.99. The van der Waals surface area contributed by atoms with Crippen molar-refractivity contribution in [2.45, 2.75) is 19.9 Å². The Balaban J connectivity index is 2.01. The summed E-state index contributed by atoms with van der Waals surface area (Å²) < 4.78 is 9.53. The molecule has 0 atom stereocenters. The normalized spacial score (nSPS) is 11.0. The van der Waals surface area contributed by atoms with Gasteiger partial charge in [-0.3, -0.25) is 4.79 Å². The van der Waals surface area contributed by atoms with Gasteiger partial charge in [0.25, 0.3) is 5.91 Å². The number of aromatic nitrogens is 1. The number of halogens is 1. The standard InChI is InChI=1S/C18H19BrN2O2S/c1-3-7-20-18(22)15-9-16-14(10-17(19)24-16)21(15)11-12-5-4-6-13(8-12)23-2/h4-6,8-10H,3,7,11H2,1-2H3,(H,20,22). The predicted octanol–water partition coefficient (Wildman–Crippen LogP) is 4.66. The fourth-order valence-corrected chi connectivity index (χ4v) is 4.22. The second kappa shape index (κ2) is 7.40. The number of nitrogens with zero attached hydrogens (tertiary/aromatic N) is 1. The summed E-state index contributed by atoms with van der Waals surface area (Å²) in [6.07, 6.45) is 0.919. The Hall–Kier alpha value is -1.79. The largest absolute Gasteiger partial charge is 0.497 e. The van der Waals surface area contributed by atoms with Crippen LogP contribution in [0.5, 0.6) is 5.75 Å². The van der Waals surface area contributed by atoms with Crippen LogP contribution in [0.15, 0.2) is 40.2 Å². The molecule has 0 aliphatic rings. The molecule has 0 saturated heterocycles. The minimum absolute atomic E-state index is 0.0285. The van der Waals surface area contributed by atoms with Crippen molar-refractivity contribution in [1.29, 1.82) is 0 Å². The van der Waals surface area contributed by atoms with Crippen molar-refractivity contribution in [2.75, 3.05) is 13.7 Å². The van der Waals surface area contributed by atoms with Gasteiger partial charge in [0.15, 0.2) is 0 Å². The number of hydrogen-bond acceptors (Lipinski definition) is 3. The molecule has 2 aromatic heterocycles. The van der Waals surface area contributed by atoms with Crippen LogP contribution >= 0.6 is 27.3 Å². The first kappa shape index (κ1) is 17.0. The van der Waals surface area contributed by atoms with Crippen LogP contribution in [-0.2, 0) is 6.54 Å². The Morgan fingerprint density at radius 1 is 1.33 bits per heavy atom. The molecule has 2 heterocycles. The van der Waals surface area contributed by atoms with Gasteiger partial charge in [0.05, 0.1) is 21.1 Å². The maximum absolute atomic E-state index is 12.5. The summed E-state index contributed by atoms with van der Waals surface area (Å²) >= 11 is 5.17. The molecule has 0 fully saturated rings. The molecule has 126 valence electrons. The van der Waals surface area contributed by atoms with E-state index in [-0.39, 0.29) is 5.91 Å². The third kappa shape index (κ3) is 3.49. The summed E-state index contributed by atoms with van der Waals surface area (Å²) in [7, 11) is 1.66. The Morgan fingerprint density at radius 3 is 2.92 bits per heavy atom. The molecule has 3 aromatic rings. The maximum Gasteiger partial charge on any atom is 0.267 e. The van der Waals surface area contributed by atoms with Crippen LogP contribution in [0.25, 0.3) is 10.2 Å². The van der Waals surface area contributed by atoms with Crippen LogP contribution in [0.1, 0.15) is 29.4 Å². The zero-order valence-electron chi connectivity index (χ0n) is 13.6. The minimum Gasteiger partial charge on any atom is -0.497 e. The molecule has 0 radical (unpaired) electrons. The number of thiophene rings is 1. The molecule has 1 N–H and O–H groups in total. The van der Waals surface area contributed by atoms with Gasteiger partial charge < -0.3 is 14.6 Å². The van der Waals surface area contributed by atoms with E-state index in [2.05, 4.69) is 31.9 Å². The van der Waals surface area contributed by atoms with E-state index in [4.69, 9.17) is 4.74 Å². The van der Waals surface area contributed by atoms with E-state index in [1.54, 1.807) is 18.4 Å². The number of carbonyl (C=O) groups is 1. The average Bonchev–Trinajstić information content (AvgIpc) is 3.10. The molecule has 0 bridgehead atoms. The molecule has 1 amide bonds. The third-order valence-corrected chi connectivity index (χ3v) is 5.38. The number of rotatable bonds is 6. The van der Waals surface area contributed by atoms with Gasteiger partial charge in [-0.1, -0.05) is 19.1 Å². The van der Waals surface area contributed by atoms with Crippen molar-refractivity contribution in [3.05, 3.63) is 51.4 Å². The quantitative estimate of drug-likeness (QED) is 0.646. The molecule has 0 spiro atoms. The Kier molecular flexibility index (Phi) is 5.26. The first-order valence-electron chi connectivity index (χ1n) is 7.82. The lowest BCUT2D eigenvalue weighted by Crippen LogP contribution is -2.26. The second-order valence-electron chi connectivity index (χ2n) is 5.52. The molecule has 4 nitrogen and oxygen atoms in total. The molecular weight excluding hydrogens is 388 g/mol. The Bertz CT molecular complexity index is 869. The fourth-order valence-electron chi connectivity index (χ4n) is 2.65. The van der Waals surface area contributed by atoms with E-state index in [1.807, 2.05) is 37.3 Å². The van der Waals surface area contributed by atoms with Crippen LogP contribution < -0.4 is 10.1 Å². The predicted molar refractivity (Wildman–Crippen MR) is 102 cm³/mol. The van der Waals surface area contributed by atoms with Crippen LogP contribution in [0.3, 0.4) is 0 Å². The van der Waals surface area contributed by atoms with Crippen LogP contribution in [-0.4, -0.2) is 24.1 Å². The van der Waals surface area contributed by atoms with E-state index >= 15 is 0 Å². The molecule has 0 saturated carbocycles. The number of methoxy groups -OCH3 is 1. The number of benzene rings is 1. The molecular formula is C18H19BrN2O2S. The molecule has 1 aromatic carbocycles. The van der Waals surface area contributed by atoms with Crippen molar-refractivity contribution in [3.8, 4) is 5.75 Å². The van der Waals surface area contributed by atoms with E-state index in [0.29, 0.717) is 18.8 Å². The number of fused-ring (bicyclic) bond motifs is 1. The topological polar surface area (TPSA) is 43.3 Å². The van der Waals surface area contributed by atoms with Crippen molar-refractivity contribution in [3.63, 3.8) is 0 Å². The highest BCUT2D eigenvalue weighted by Gasteiger charge is 2.17. The van der Waals surface area contributed by atoms with Gasteiger partial charge in [-0.25, -0.2) is 0 Å². The molecule has 3 rings (SSSR count). The molecule has 6 heteroatoms. The number of nitrogens with one attached hydrogen (secondary N) is 1. The summed E-state index contributed by atoms with van der Waals surface area (Å²) in [6.45, 7) is 3.35. The SMILES string of the molecule is CCCNC(=O)c1cc2sc(Br)cc2n1Cc1cccc(OC)c1. The highest BCUT2D eigenvalue weighted by atomic mass is 79.9. The van der Waals surface area contributed by atoms with E-state index in [0.717, 1.165) is 31.7 Å².